The summed E-state index contributed by atoms with van der Waals surface area (Å²) in [5.41, 5.74) is 1.45. The molecule has 2 aliphatic rings. The van der Waals surface area contributed by atoms with E-state index in [0.29, 0.717) is 0 Å². The van der Waals surface area contributed by atoms with Crippen molar-refractivity contribution in [1.29, 1.82) is 0 Å². The number of hydrogen-bond donors (Lipinski definition) is 0. The van der Waals surface area contributed by atoms with E-state index in [1.165, 1.54) is 44.1 Å². The number of nitrogens with zero attached hydrogens (tertiary/aromatic N) is 4. The first-order valence-corrected chi connectivity index (χ1v) is 9.49. The summed E-state index contributed by atoms with van der Waals surface area (Å²) in [6.45, 7) is 12.5. The monoisotopic (exact) mass is 318 g/mol. The van der Waals surface area contributed by atoms with Crippen molar-refractivity contribution in [2.75, 3.05) is 26.2 Å². The lowest BCUT2D eigenvalue weighted by atomic mass is 9.91. The van der Waals surface area contributed by atoms with Gasteiger partial charge in [-0.1, -0.05) is 38.7 Å². The van der Waals surface area contributed by atoms with Crippen molar-refractivity contribution in [2.45, 2.75) is 71.3 Å². The molecule has 1 aliphatic heterocycles. The molecule has 2 rings (SSSR count). The van der Waals surface area contributed by atoms with Crippen LogP contribution in [0.5, 0.6) is 0 Å². The van der Waals surface area contributed by atoms with Gasteiger partial charge in [-0.2, -0.15) is 0 Å². The number of hydrogen-bond acceptors (Lipinski definition) is 2. The van der Waals surface area contributed by atoms with Crippen molar-refractivity contribution in [2.24, 2.45) is 9.98 Å². The molecule has 4 nitrogen and oxygen atoms in total. The third kappa shape index (κ3) is 5.45. The minimum absolute atomic E-state index is 0.809. The molecule has 0 N–H and O–H groups in total. The van der Waals surface area contributed by atoms with Crippen LogP contribution < -0.4 is 0 Å². The predicted octanol–water partition coefficient (Wildman–Crippen LogP) is 4.09. The molecule has 0 bridgehead atoms. The highest BCUT2D eigenvalue weighted by Gasteiger charge is 2.28. The van der Waals surface area contributed by atoms with Gasteiger partial charge in [0.1, 0.15) is 0 Å². The van der Waals surface area contributed by atoms with E-state index in [0.717, 1.165) is 51.0 Å². The van der Waals surface area contributed by atoms with Gasteiger partial charge in [0, 0.05) is 38.4 Å². The summed E-state index contributed by atoms with van der Waals surface area (Å²) in [6, 6.07) is 0.847. The number of allylic oxidation sites excluding steroid dienone is 1. The van der Waals surface area contributed by atoms with Gasteiger partial charge in [-0.05, 0) is 38.8 Å². The fourth-order valence-corrected chi connectivity index (χ4v) is 3.39. The van der Waals surface area contributed by atoms with Gasteiger partial charge in [0.05, 0.1) is 0 Å². The van der Waals surface area contributed by atoms with Crippen molar-refractivity contribution in [1.82, 2.24) is 9.80 Å². The third-order valence-electron chi connectivity index (χ3n) is 5.11. The van der Waals surface area contributed by atoms with Crippen LogP contribution in [-0.2, 0) is 0 Å². The van der Waals surface area contributed by atoms with Crippen molar-refractivity contribution in [3.05, 3.63) is 11.8 Å². The second-order valence-electron chi connectivity index (χ2n) is 6.84. The van der Waals surface area contributed by atoms with Gasteiger partial charge in [-0.25, -0.2) is 9.98 Å². The second-order valence-corrected chi connectivity index (χ2v) is 6.84. The summed E-state index contributed by atoms with van der Waals surface area (Å²) in [4.78, 5) is 13.8. The normalized spacial score (nSPS) is 21.4. The molecule has 130 valence electrons. The highest BCUT2D eigenvalue weighted by atomic mass is 15.3. The van der Waals surface area contributed by atoms with Crippen LogP contribution in [0.4, 0.5) is 0 Å². The number of guanidine groups is 1. The van der Waals surface area contributed by atoms with Crippen molar-refractivity contribution in [3.8, 4) is 0 Å². The van der Waals surface area contributed by atoms with E-state index in [1.807, 2.05) is 0 Å². The first-order chi connectivity index (χ1) is 11.3. The molecule has 0 aromatic heterocycles. The first-order valence-electron chi connectivity index (χ1n) is 9.49. The molecule has 0 atom stereocenters. The molecular formula is C19H34N4. The van der Waals surface area contributed by atoms with Gasteiger partial charge in [0.25, 0.3) is 0 Å². The van der Waals surface area contributed by atoms with E-state index in [2.05, 4.69) is 46.5 Å². The molecule has 23 heavy (non-hydrogen) atoms. The first kappa shape index (κ1) is 18.2. The lowest BCUT2D eigenvalue weighted by molar-refractivity contribution is 0.0851. The summed E-state index contributed by atoms with van der Waals surface area (Å²) in [6.07, 6.45) is 12.2. The molecule has 0 spiro atoms. The van der Waals surface area contributed by atoms with E-state index in [1.54, 1.807) is 0 Å². The van der Waals surface area contributed by atoms with Crippen LogP contribution in [-0.4, -0.2) is 54.7 Å². The van der Waals surface area contributed by atoms with Gasteiger partial charge < -0.3 is 4.90 Å². The predicted molar refractivity (Wildman–Crippen MR) is 100 cm³/mol. The van der Waals surface area contributed by atoms with Gasteiger partial charge in [0.2, 0.25) is 5.96 Å². The van der Waals surface area contributed by atoms with Crippen molar-refractivity contribution < 1.29 is 0 Å². The summed E-state index contributed by atoms with van der Waals surface area (Å²) in [7, 11) is 0. The van der Waals surface area contributed by atoms with Crippen molar-refractivity contribution in [3.63, 3.8) is 0 Å². The zero-order valence-corrected chi connectivity index (χ0v) is 15.1. The van der Waals surface area contributed by atoms with Crippen LogP contribution in [0.15, 0.2) is 21.8 Å². The number of aliphatic imine (C=N–C) groups is 2. The molecule has 2 fully saturated rings. The number of rotatable bonds is 7. The smallest absolute Gasteiger partial charge is 0.224 e. The van der Waals surface area contributed by atoms with Crippen molar-refractivity contribution >= 4 is 12.7 Å². The van der Waals surface area contributed by atoms with Gasteiger partial charge in [-0.15, -0.1) is 0 Å². The largest absolute Gasteiger partial charge is 0.338 e. The van der Waals surface area contributed by atoms with Crippen LogP contribution in [0.3, 0.4) is 0 Å². The van der Waals surface area contributed by atoms with Crippen LogP contribution >= 0.6 is 0 Å². The Hall–Kier alpha value is -1.16. The second kappa shape index (κ2) is 9.86. The zero-order valence-electron chi connectivity index (χ0n) is 15.1. The van der Waals surface area contributed by atoms with E-state index in [4.69, 9.17) is 0 Å². The molecular weight excluding hydrogens is 284 g/mol. The van der Waals surface area contributed by atoms with E-state index in [9.17, 15) is 0 Å². The van der Waals surface area contributed by atoms with E-state index >= 15 is 0 Å². The Balaban J connectivity index is 1.90. The Morgan fingerprint density at radius 2 is 1.83 bits per heavy atom. The van der Waals surface area contributed by atoms with E-state index < -0.39 is 0 Å². The maximum Gasteiger partial charge on any atom is 0.224 e. The highest BCUT2D eigenvalue weighted by molar-refractivity contribution is 5.84. The SMILES string of the molecule is C=NC(=N/C=C(/CCC)CCCC)N1CCN(C2CCC2)CC1. The fourth-order valence-electron chi connectivity index (χ4n) is 3.39. The molecule has 1 saturated heterocycles. The molecule has 1 aliphatic carbocycles. The third-order valence-corrected chi connectivity index (χ3v) is 5.11. The number of unbranched alkanes of at least 4 members (excludes halogenated alkanes) is 1. The minimum atomic E-state index is 0.809. The van der Waals surface area contributed by atoms with Gasteiger partial charge in [0.15, 0.2) is 0 Å². The Morgan fingerprint density at radius 1 is 1.09 bits per heavy atom. The topological polar surface area (TPSA) is 31.2 Å². The molecule has 4 heteroatoms. The maximum atomic E-state index is 4.67. The molecule has 1 heterocycles. The van der Waals surface area contributed by atoms with Crippen LogP contribution in [0, 0.1) is 0 Å². The Morgan fingerprint density at radius 3 is 2.35 bits per heavy atom. The average Bonchev–Trinajstić information content (AvgIpc) is 2.52. The Bertz CT molecular complexity index is 415. The zero-order chi connectivity index (χ0) is 16.5. The Labute approximate surface area is 142 Å². The maximum absolute atomic E-state index is 4.67. The summed E-state index contributed by atoms with van der Waals surface area (Å²) < 4.78 is 0. The average molecular weight is 319 g/mol. The molecule has 0 amide bonds. The lowest BCUT2D eigenvalue weighted by Crippen LogP contribution is -2.53. The highest BCUT2D eigenvalue weighted by Crippen LogP contribution is 2.25. The molecule has 0 aromatic carbocycles. The Kier molecular flexibility index (Phi) is 7.80. The standard InChI is InChI=1S/C19H34N4/c1-4-6-9-17(8-5-2)16-21-19(20-3)23-14-12-22(13-15-23)18-10-7-11-18/h16,18H,3-15H2,1-2H3/b17-16-,21-19?. The van der Waals surface area contributed by atoms with Crippen LogP contribution in [0.2, 0.25) is 0 Å². The molecule has 0 radical (unpaired) electrons. The number of piperazine rings is 1. The molecule has 1 saturated carbocycles. The van der Waals surface area contributed by atoms with E-state index in [-0.39, 0.29) is 0 Å². The summed E-state index contributed by atoms with van der Waals surface area (Å²) in [5.74, 6) is 0.809. The molecule has 0 unspecified atom stereocenters. The fraction of sp³-hybridized carbons (Fsp3) is 0.789. The van der Waals surface area contributed by atoms with Gasteiger partial charge in [-0.3, -0.25) is 4.90 Å². The quantitative estimate of drug-likeness (QED) is 0.523. The van der Waals surface area contributed by atoms with Gasteiger partial charge >= 0.3 is 0 Å². The molecule has 0 aromatic rings. The minimum Gasteiger partial charge on any atom is -0.338 e. The van der Waals surface area contributed by atoms with Crippen LogP contribution in [0.25, 0.3) is 0 Å². The summed E-state index contributed by atoms with van der Waals surface area (Å²) >= 11 is 0. The van der Waals surface area contributed by atoms with Crippen LogP contribution in [0.1, 0.15) is 65.2 Å². The lowest BCUT2D eigenvalue weighted by Gasteiger charge is -2.43. The summed E-state index contributed by atoms with van der Waals surface area (Å²) in [5, 5.41) is 0.